The van der Waals surface area contributed by atoms with Crippen molar-refractivity contribution < 1.29 is 19.0 Å². The Balaban J connectivity index is 1.34. The van der Waals surface area contributed by atoms with Crippen LogP contribution in [0.1, 0.15) is 5.56 Å². The molecule has 1 amide bonds. The first-order valence-corrected chi connectivity index (χ1v) is 10.8. The highest BCUT2D eigenvalue weighted by Crippen LogP contribution is 2.31. The number of hydrogen-bond acceptors (Lipinski definition) is 7. The van der Waals surface area contributed by atoms with E-state index in [-0.39, 0.29) is 5.91 Å². The van der Waals surface area contributed by atoms with Gasteiger partial charge in [-0.2, -0.15) is 0 Å². The number of rotatable bonds is 7. The molecule has 0 aliphatic carbocycles. The minimum atomic E-state index is 0.134. The molecule has 1 aliphatic heterocycles. The molecule has 0 unspecified atom stereocenters. The summed E-state index contributed by atoms with van der Waals surface area (Å²) in [5, 5.41) is 8.82. The number of nitrogens with zero attached hydrogens (tertiary/aromatic N) is 4. The van der Waals surface area contributed by atoms with E-state index in [9.17, 15) is 4.79 Å². The smallest absolute Gasteiger partial charge is 0.227 e. The number of carbonyl (C=O) groups excluding carboxylic acids is 1. The van der Waals surface area contributed by atoms with Crippen LogP contribution in [0, 0.1) is 0 Å². The molecule has 2 heterocycles. The standard InChI is InChI=1S/C25H28N4O4/c1-31-20-7-4-18(5-8-20)16-25(30)29-14-12-28(13-15-29)24-11-9-21(26-27-24)19-6-10-22(32-2)23(17-19)33-3/h4-11,17H,12-16H2,1-3H3. The zero-order chi connectivity index (χ0) is 23.2. The monoisotopic (exact) mass is 448 g/mol. The molecule has 0 atom stereocenters. The molecule has 2 aromatic carbocycles. The van der Waals surface area contributed by atoms with Crippen molar-refractivity contribution in [3.05, 3.63) is 60.2 Å². The van der Waals surface area contributed by atoms with Crippen LogP contribution in [0.15, 0.2) is 54.6 Å². The van der Waals surface area contributed by atoms with Gasteiger partial charge in [-0.25, -0.2) is 0 Å². The van der Waals surface area contributed by atoms with Gasteiger partial charge in [-0.15, -0.1) is 10.2 Å². The molecule has 1 saturated heterocycles. The van der Waals surface area contributed by atoms with Crippen LogP contribution in [-0.4, -0.2) is 68.5 Å². The lowest BCUT2D eigenvalue weighted by Gasteiger charge is -2.35. The van der Waals surface area contributed by atoms with Crippen LogP contribution in [-0.2, 0) is 11.2 Å². The number of amides is 1. The van der Waals surface area contributed by atoms with Crippen LogP contribution < -0.4 is 19.1 Å². The Morgan fingerprint density at radius 1 is 0.818 bits per heavy atom. The lowest BCUT2D eigenvalue weighted by Crippen LogP contribution is -2.49. The third-order valence-electron chi connectivity index (χ3n) is 5.80. The van der Waals surface area contributed by atoms with E-state index in [1.54, 1.807) is 21.3 Å². The number of ether oxygens (including phenoxy) is 3. The Morgan fingerprint density at radius 2 is 1.55 bits per heavy atom. The predicted octanol–water partition coefficient (Wildman–Crippen LogP) is 3.06. The SMILES string of the molecule is COc1ccc(CC(=O)N2CCN(c3ccc(-c4ccc(OC)c(OC)c4)nn3)CC2)cc1. The van der Waals surface area contributed by atoms with E-state index in [4.69, 9.17) is 14.2 Å². The Labute approximate surface area is 193 Å². The van der Waals surface area contributed by atoms with Gasteiger partial charge in [-0.3, -0.25) is 4.79 Å². The summed E-state index contributed by atoms with van der Waals surface area (Å²) in [4.78, 5) is 16.8. The molecule has 1 aromatic heterocycles. The summed E-state index contributed by atoms with van der Waals surface area (Å²) in [6.07, 6.45) is 0.393. The number of anilines is 1. The summed E-state index contributed by atoms with van der Waals surface area (Å²) in [6, 6.07) is 17.2. The fourth-order valence-corrected chi connectivity index (χ4v) is 3.86. The van der Waals surface area contributed by atoms with Crippen molar-refractivity contribution in [3.8, 4) is 28.5 Å². The quantitative estimate of drug-likeness (QED) is 0.550. The van der Waals surface area contributed by atoms with Crippen molar-refractivity contribution in [2.24, 2.45) is 0 Å². The van der Waals surface area contributed by atoms with Gasteiger partial charge in [0.15, 0.2) is 17.3 Å². The summed E-state index contributed by atoms with van der Waals surface area (Å²) in [5.74, 6) is 3.05. The predicted molar refractivity (Wildman–Crippen MR) is 126 cm³/mol. The number of carbonyl (C=O) groups is 1. The van der Waals surface area contributed by atoms with Crippen LogP contribution in [0.25, 0.3) is 11.3 Å². The van der Waals surface area contributed by atoms with Gasteiger partial charge in [0.05, 0.1) is 33.4 Å². The minimum absolute atomic E-state index is 0.134. The van der Waals surface area contributed by atoms with Crippen LogP contribution in [0.3, 0.4) is 0 Å². The van der Waals surface area contributed by atoms with Gasteiger partial charge in [0.1, 0.15) is 5.75 Å². The molecule has 4 rings (SSSR count). The molecule has 0 spiro atoms. The first-order valence-electron chi connectivity index (χ1n) is 10.8. The van der Waals surface area contributed by atoms with Crippen LogP contribution in [0.4, 0.5) is 5.82 Å². The summed E-state index contributed by atoms with van der Waals surface area (Å²) in [5.41, 5.74) is 2.65. The molecule has 0 saturated carbocycles. The van der Waals surface area contributed by atoms with E-state index in [1.807, 2.05) is 59.5 Å². The summed E-state index contributed by atoms with van der Waals surface area (Å²) >= 11 is 0. The zero-order valence-electron chi connectivity index (χ0n) is 19.2. The number of benzene rings is 2. The normalized spacial score (nSPS) is 13.5. The van der Waals surface area contributed by atoms with E-state index in [0.717, 1.165) is 41.5 Å². The molecular formula is C25H28N4O4. The highest BCUT2D eigenvalue weighted by molar-refractivity contribution is 5.79. The van der Waals surface area contributed by atoms with E-state index in [0.29, 0.717) is 31.0 Å². The van der Waals surface area contributed by atoms with Crippen molar-refractivity contribution >= 4 is 11.7 Å². The summed E-state index contributed by atoms with van der Waals surface area (Å²) in [6.45, 7) is 2.76. The van der Waals surface area contributed by atoms with Gasteiger partial charge >= 0.3 is 0 Å². The average Bonchev–Trinajstić information content (AvgIpc) is 2.89. The van der Waals surface area contributed by atoms with E-state index in [1.165, 1.54) is 0 Å². The first-order chi connectivity index (χ1) is 16.1. The maximum absolute atomic E-state index is 12.7. The molecule has 0 radical (unpaired) electrons. The van der Waals surface area contributed by atoms with Crippen LogP contribution >= 0.6 is 0 Å². The van der Waals surface area contributed by atoms with Gasteiger partial charge in [0.25, 0.3) is 0 Å². The fraction of sp³-hybridized carbons (Fsp3) is 0.320. The molecule has 8 nitrogen and oxygen atoms in total. The van der Waals surface area contributed by atoms with E-state index < -0.39 is 0 Å². The summed E-state index contributed by atoms with van der Waals surface area (Å²) < 4.78 is 15.8. The summed E-state index contributed by atoms with van der Waals surface area (Å²) in [7, 11) is 4.85. The van der Waals surface area contributed by atoms with E-state index in [2.05, 4.69) is 15.1 Å². The van der Waals surface area contributed by atoms with Crippen LogP contribution in [0.5, 0.6) is 17.2 Å². The molecular weight excluding hydrogens is 420 g/mol. The largest absolute Gasteiger partial charge is 0.497 e. The Bertz CT molecular complexity index is 1080. The minimum Gasteiger partial charge on any atom is -0.497 e. The Hall–Kier alpha value is -3.81. The first kappa shape index (κ1) is 22.4. The number of aromatic nitrogens is 2. The Morgan fingerprint density at radius 3 is 2.15 bits per heavy atom. The fourth-order valence-electron chi connectivity index (χ4n) is 3.86. The van der Waals surface area contributed by atoms with Crippen molar-refractivity contribution in [2.75, 3.05) is 52.4 Å². The van der Waals surface area contributed by atoms with Gasteiger partial charge in [0, 0.05) is 31.7 Å². The highest BCUT2D eigenvalue weighted by atomic mass is 16.5. The number of methoxy groups -OCH3 is 3. The third kappa shape index (κ3) is 5.16. The average molecular weight is 449 g/mol. The topological polar surface area (TPSA) is 77.0 Å². The molecule has 0 bridgehead atoms. The second-order valence-corrected chi connectivity index (χ2v) is 7.74. The van der Waals surface area contributed by atoms with Crippen molar-refractivity contribution in [1.82, 2.24) is 15.1 Å². The maximum atomic E-state index is 12.7. The van der Waals surface area contributed by atoms with Gasteiger partial charge in [0.2, 0.25) is 5.91 Å². The molecule has 1 fully saturated rings. The van der Waals surface area contributed by atoms with Gasteiger partial charge in [-0.1, -0.05) is 12.1 Å². The van der Waals surface area contributed by atoms with Crippen molar-refractivity contribution in [1.29, 1.82) is 0 Å². The lowest BCUT2D eigenvalue weighted by atomic mass is 10.1. The van der Waals surface area contributed by atoms with E-state index >= 15 is 0 Å². The van der Waals surface area contributed by atoms with Gasteiger partial charge in [-0.05, 0) is 48.0 Å². The molecule has 172 valence electrons. The Kier molecular flexibility index (Phi) is 6.92. The van der Waals surface area contributed by atoms with Gasteiger partial charge < -0.3 is 24.0 Å². The molecule has 0 N–H and O–H groups in total. The van der Waals surface area contributed by atoms with Crippen molar-refractivity contribution in [2.45, 2.75) is 6.42 Å². The number of piperazine rings is 1. The second kappa shape index (κ2) is 10.2. The highest BCUT2D eigenvalue weighted by Gasteiger charge is 2.22. The van der Waals surface area contributed by atoms with Crippen LogP contribution in [0.2, 0.25) is 0 Å². The zero-order valence-corrected chi connectivity index (χ0v) is 19.2. The maximum Gasteiger partial charge on any atom is 0.227 e. The van der Waals surface area contributed by atoms with Crippen molar-refractivity contribution in [3.63, 3.8) is 0 Å². The third-order valence-corrected chi connectivity index (χ3v) is 5.80. The molecule has 1 aliphatic rings. The molecule has 33 heavy (non-hydrogen) atoms. The lowest BCUT2D eigenvalue weighted by molar-refractivity contribution is -0.130. The second-order valence-electron chi connectivity index (χ2n) is 7.74. The molecule has 8 heteroatoms. The molecule has 3 aromatic rings. The number of hydrogen-bond donors (Lipinski definition) is 0.